The smallest absolute Gasteiger partial charge is 0.0279 e. The van der Waals surface area contributed by atoms with Crippen molar-refractivity contribution in [2.45, 2.75) is 52.0 Å². The predicted octanol–water partition coefficient (Wildman–Crippen LogP) is 3.20. The predicted molar refractivity (Wildman–Crippen MR) is 77.1 cm³/mol. The zero-order valence-electron chi connectivity index (χ0n) is 11.7. The first-order valence-corrected chi connectivity index (χ1v) is 7.25. The summed E-state index contributed by atoms with van der Waals surface area (Å²) in [6.45, 7) is 4.49. The number of nitrogens with two attached hydrogens (primary N) is 1. The van der Waals surface area contributed by atoms with E-state index in [1.807, 2.05) is 0 Å². The quantitative estimate of drug-likeness (QED) is 0.618. The first kappa shape index (κ1) is 13.6. The average molecular weight is 246 g/mol. The highest BCUT2D eigenvalue weighted by Gasteiger charge is 2.29. The number of benzene rings is 1. The third-order valence-corrected chi connectivity index (χ3v) is 4.64. The van der Waals surface area contributed by atoms with Gasteiger partial charge in [-0.3, -0.25) is 11.3 Å². The Morgan fingerprint density at radius 2 is 2.11 bits per heavy atom. The van der Waals surface area contributed by atoms with Gasteiger partial charge in [0.25, 0.3) is 0 Å². The highest BCUT2D eigenvalue weighted by molar-refractivity contribution is 5.26. The van der Waals surface area contributed by atoms with E-state index in [1.54, 1.807) is 0 Å². The molecule has 3 unspecified atom stereocenters. The van der Waals surface area contributed by atoms with Gasteiger partial charge in [0.2, 0.25) is 0 Å². The van der Waals surface area contributed by atoms with E-state index in [1.165, 1.54) is 36.8 Å². The van der Waals surface area contributed by atoms with Crippen LogP contribution >= 0.6 is 0 Å². The van der Waals surface area contributed by atoms with Crippen LogP contribution in [0.5, 0.6) is 0 Å². The lowest BCUT2D eigenvalue weighted by Crippen LogP contribution is -2.41. The van der Waals surface area contributed by atoms with E-state index in [0.717, 1.165) is 18.3 Å². The lowest BCUT2D eigenvalue weighted by Gasteiger charge is -2.23. The van der Waals surface area contributed by atoms with E-state index in [-0.39, 0.29) is 0 Å². The summed E-state index contributed by atoms with van der Waals surface area (Å²) in [5, 5.41) is 0. The molecule has 0 aliphatic heterocycles. The Bertz CT molecular complexity index is 375. The molecule has 0 spiro atoms. The summed E-state index contributed by atoms with van der Waals surface area (Å²) < 4.78 is 0. The van der Waals surface area contributed by atoms with Crippen LogP contribution in [-0.2, 0) is 6.42 Å². The molecular weight excluding hydrogens is 220 g/mol. The van der Waals surface area contributed by atoms with Gasteiger partial charge in [-0.15, -0.1) is 0 Å². The third-order valence-electron chi connectivity index (χ3n) is 4.64. The minimum atomic E-state index is 0.433. The molecule has 2 nitrogen and oxygen atoms in total. The number of hydrogen-bond donors (Lipinski definition) is 2. The molecule has 1 aliphatic carbocycles. The van der Waals surface area contributed by atoms with Crippen LogP contribution in [-0.4, -0.2) is 6.04 Å². The Morgan fingerprint density at radius 1 is 1.33 bits per heavy atom. The van der Waals surface area contributed by atoms with Crippen molar-refractivity contribution in [3.63, 3.8) is 0 Å². The molecule has 1 aromatic carbocycles. The highest BCUT2D eigenvalue weighted by atomic mass is 15.2. The minimum Gasteiger partial charge on any atom is -0.271 e. The molecule has 100 valence electrons. The largest absolute Gasteiger partial charge is 0.271 e. The van der Waals surface area contributed by atoms with E-state index in [4.69, 9.17) is 5.84 Å². The number of rotatable bonds is 5. The maximum Gasteiger partial charge on any atom is 0.0279 e. The van der Waals surface area contributed by atoms with Crippen molar-refractivity contribution in [3.8, 4) is 0 Å². The molecule has 0 heterocycles. The first-order valence-electron chi connectivity index (χ1n) is 7.25. The Labute approximate surface area is 111 Å². The van der Waals surface area contributed by atoms with Crippen LogP contribution in [0.4, 0.5) is 0 Å². The van der Waals surface area contributed by atoms with E-state index < -0.39 is 0 Å². The summed E-state index contributed by atoms with van der Waals surface area (Å²) in [6.07, 6.45) is 6.44. The van der Waals surface area contributed by atoms with Crippen molar-refractivity contribution < 1.29 is 0 Å². The molecule has 1 aliphatic rings. The van der Waals surface area contributed by atoms with Crippen molar-refractivity contribution in [3.05, 3.63) is 35.4 Å². The fourth-order valence-electron chi connectivity index (χ4n) is 3.29. The normalized spacial score (nSPS) is 25.3. The van der Waals surface area contributed by atoms with E-state index >= 15 is 0 Å². The topological polar surface area (TPSA) is 38.0 Å². The highest BCUT2D eigenvalue weighted by Crippen LogP contribution is 2.35. The zero-order chi connectivity index (χ0) is 13.0. The Morgan fingerprint density at radius 3 is 2.72 bits per heavy atom. The van der Waals surface area contributed by atoms with Crippen molar-refractivity contribution in [1.82, 2.24) is 5.43 Å². The molecule has 0 radical (unpaired) electrons. The molecule has 3 atom stereocenters. The van der Waals surface area contributed by atoms with Crippen LogP contribution in [0.25, 0.3) is 0 Å². The van der Waals surface area contributed by atoms with Crippen molar-refractivity contribution in [2.75, 3.05) is 0 Å². The van der Waals surface area contributed by atoms with E-state index in [2.05, 4.69) is 43.5 Å². The van der Waals surface area contributed by atoms with Crippen LogP contribution in [0.1, 0.15) is 43.7 Å². The van der Waals surface area contributed by atoms with Crippen LogP contribution in [0.2, 0.25) is 0 Å². The standard InChI is InChI=1S/C16H26N2/c1-3-13-8-9-15(10-13)16(18-17)11-14-7-5-4-6-12(14)2/h4-7,13,15-16,18H,3,8-11,17H2,1-2H3. The van der Waals surface area contributed by atoms with Gasteiger partial charge >= 0.3 is 0 Å². The number of nitrogens with one attached hydrogen (secondary N) is 1. The molecule has 18 heavy (non-hydrogen) atoms. The first-order chi connectivity index (χ1) is 8.74. The third kappa shape index (κ3) is 3.12. The van der Waals surface area contributed by atoms with Gasteiger partial charge in [-0.1, -0.05) is 44.0 Å². The van der Waals surface area contributed by atoms with Gasteiger partial charge in [0, 0.05) is 6.04 Å². The number of hydrazine groups is 1. The summed E-state index contributed by atoms with van der Waals surface area (Å²) in [5.74, 6) is 7.46. The van der Waals surface area contributed by atoms with E-state index in [9.17, 15) is 0 Å². The fraction of sp³-hybridized carbons (Fsp3) is 0.625. The lowest BCUT2D eigenvalue weighted by molar-refractivity contribution is 0.347. The summed E-state index contributed by atoms with van der Waals surface area (Å²) in [6, 6.07) is 9.08. The number of hydrogen-bond acceptors (Lipinski definition) is 2. The average Bonchev–Trinajstić information content (AvgIpc) is 2.86. The molecule has 1 aromatic rings. The van der Waals surface area contributed by atoms with Gasteiger partial charge in [0.15, 0.2) is 0 Å². The molecular formula is C16H26N2. The van der Waals surface area contributed by atoms with Gasteiger partial charge in [0.05, 0.1) is 0 Å². The second-order valence-electron chi connectivity index (χ2n) is 5.75. The van der Waals surface area contributed by atoms with Gasteiger partial charge in [-0.25, -0.2) is 0 Å². The van der Waals surface area contributed by atoms with Crippen molar-refractivity contribution >= 4 is 0 Å². The van der Waals surface area contributed by atoms with Crippen LogP contribution in [0.3, 0.4) is 0 Å². The van der Waals surface area contributed by atoms with Gasteiger partial charge in [-0.2, -0.15) is 0 Å². The van der Waals surface area contributed by atoms with Crippen molar-refractivity contribution in [2.24, 2.45) is 17.7 Å². The lowest BCUT2D eigenvalue weighted by atomic mass is 9.90. The molecule has 3 N–H and O–H groups in total. The number of aryl methyl sites for hydroxylation is 1. The Kier molecular flexibility index (Phi) is 4.79. The minimum absolute atomic E-state index is 0.433. The van der Waals surface area contributed by atoms with Gasteiger partial charge in [-0.05, 0) is 49.1 Å². The molecule has 0 amide bonds. The summed E-state index contributed by atoms with van der Waals surface area (Å²) >= 11 is 0. The molecule has 0 saturated heterocycles. The van der Waals surface area contributed by atoms with Crippen LogP contribution in [0, 0.1) is 18.8 Å². The van der Waals surface area contributed by atoms with Gasteiger partial charge in [0.1, 0.15) is 0 Å². The zero-order valence-corrected chi connectivity index (χ0v) is 11.7. The maximum absolute atomic E-state index is 5.79. The monoisotopic (exact) mass is 246 g/mol. The molecule has 2 heteroatoms. The molecule has 1 saturated carbocycles. The summed E-state index contributed by atoms with van der Waals surface area (Å²) in [5.41, 5.74) is 5.87. The second-order valence-corrected chi connectivity index (χ2v) is 5.75. The van der Waals surface area contributed by atoms with Crippen LogP contribution < -0.4 is 11.3 Å². The summed E-state index contributed by atoms with van der Waals surface area (Å²) in [4.78, 5) is 0. The summed E-state index contributed by atoms with van der Waals surface area (Å²) in [7, 11) is 0. The van der Waals surface area contributed by atoms with E-state index in [0.29, 0.717) is 6.04 Å². The molecule has 2 rings (SSSR count). The maximum atomic E-state index is 5.79. The molecule has 0 aromatic heterocycles. The van der Waals surface area contributed by atoms with Crippen LogP contribution in [0.15, 0.2) is 24.3 Å². The Balaban J connectivity index is 2.00. The SMILES string of the molecule is CCC1CCC(C(Cc2ccccc2C)NN)C1. The molecule has 1 fully saturated rings. The fourth-order valence-corrected chi connectivity index (χ4v) is 3.29. The van der Waals surface area contributed by atoms with Gasteiger partial charge < -0.3 is 0 Å². The van der Waals surface area contributed by atoms with Crippen molar-refractivity contribution in [1.29, 1.82) is 0 Å². The second kappa shape index (κ2) is 6.35. The Hall–Kier alpha value is -0.860. The molecule has 0 bridgehead atoms.